The van der Waals surface area contributed by atoms with E-state index in [1.807, 2.05) is 6.92 Å². The van der Waals surface area contributed by atoms with Gasteiger partial charge in [-0.25, -0.2) is 0 Å². The number of nitrogen functional groups attached to an aromatic ring is 1. The molecular weight excluding hydrogens is 232 g/mol. The van der Waals surface area contributed by atoms with Crippen LogP contribution in [0, 0.1) is 0 Å². The maximum Gasteiger partial charge on any atom is 0.195 e. The first kappa shape index (κ1) is 12.9. The Labute approximate surface area is 106 Å². The van der Waals surface area contributed by atoms with Gasteiger partial charge in [-0.2, -0.15) is 0 Å². The van der Waals surface area contributed by atoms with Crippen LogP contribution in [0.3, 0.4) is 0 Å². The van der Waals surface area contributed by atoms with Crippen LogP contribution in [0.25, 0.3) is 0 Å². The van der Waals surface area contributed by atoms with Crippen LogP contribution in [0.4, 0.5) is 5.69 Å². The molecule has 0 saturated carbocycles. The summed E-state index contributed by atoms with van der Waals surface area (Å²) in [6.07, 6.45) is -0.0184. The molecule has 0 aromatic heterocycles. The second kappa shape index (κ2) is 4.59. The number of hydrogen-bond donors (Lipinski definition) is 3. The van der Waals surface area contributed by atoms with E-state index in [0.29, 0.717) is 12.1 Å². The first-order chi connectivity index (χ1) is 8.42. The highest BCUT2D eigenvalue weighted by molar-refractivity contribution is 6.03. The van der Waals surface area contributed by atoms with Gasteiger partial charge in [0.2, 0.25) is 0 Å². The van der Waals surface area contributed by atoms with Crippen molar-refractivity contribution in [2.45, 2.75) is 25.6 Å². The summed E-state index contributed by atoms with van der Waals surface area (Å²) >= 11 is 0. The molecule has 0 bridgehead atoms. The van der Waals surface area contributed by atoms with E-state index >= 15 is 0 Å². The van der Waals surface area contributed by atoms with Gasteiger partial charge < -0.3 is 20.9 Å². The molecule has 0 amide bonds. The lowest BCUT2D eigenvalue weighted by molar-refractivity contribution is -0.0735. The molecule has 1 aliphatic heterocycles. The van der Waals surface area contributed by atoms with Crippen molar-refractivity contribution >= 4 is 11.5 Å². The summed E-state index contributed by atoms with van der Waals surface area (Å²) in [5.41, 5.74) is 5.27. The number of hydrogen-bond acceptors (Lipinski definition) is 5. The lowest BCUT2D eigenvalue weighted by atomic mass is 9.92. The fourth-order valence-electron chi connectivity index (χ4n) is 2.17. The first-order valence-corrected chi connectivity index (χ1v) is 5.94. The van der Waals surface area contributed by atoms with E-state index in [1.54, 1.807) is 13.0 Å². The quantitative estimate of drug-likeness (QED) is 0.413. The third kappa shape index (κ3) is 2.32. The molecule has 0 spiro atoms. The highest BCUT2D eigenvalue weighted by Gasteiger charge is 2.39. The van der Waals surface area contributed by atoms with Crippen molar-refractivity contribution in [2.75, 3.05) is 18.8 Å². The molecule has 1 heterocycles. The molecule has 2 unspecified atom stereocenters. The average Bonchev–Trinajstić information content (AvgIpc) is 2.31. The van der Waals surface area contributed by atoms with Crippen LogP contribution in [0.5, 0.6) is 5.75 Å². The van der Waals surface area contributed by atoms with Crippen molar-refractivity contribution in [3.63, 3.8) is 0 Å². The van der Waals surface area contributed by atoms with Gasteiger partial charge in [0.25, 0.3) is 0 Å². The number of carbonyl (C=O) groups is 1. The molecule has 1 fully saturated rings. The summed E-state index contributed by atoms with van der Waals surface area (Å²) in [4.78, 5) is 12.4. The molecular formula is C13H18N2O3. The second-order valence-electron chi connectivity index (χ2n) is 4.89. The molecule has 1 aliphatic rings. The monoisotopic (exact) mass is 250 g/mol. The predicted octanol–water partition coefficient (Wildman–Crippen LogP) is 0.924. The van der Waals surface area contributed by atoms with Crippen LogP contribution >= 0.6 is 0 Å². The predicted molar refractivity (Wildman–Crippen MR) is 68.7 cm³/mol. The maximum absolute atomic E-state index is 12.4. The Morgan fingerprint density at radius 3 is 2.94 bits per heavy atom. The van der Waals surface area contributed by atoms with Crippen molar-refractivity contribution in [1.29, 1.82) is 0 Å². The van der Waals surface area contributed by atoms with Crippen LogP contribution in [0.2, 0.25) is 0 Å². The Morgan fingerprint density at radius 2 is 2.33 bits per heavy atom. The van der Waals surface area contributed by atoms with E-state index in [9.17, 15) is 9.90 Å². The van der Waals surface area contributed by atoms with Crippen molar-refractivity contribution in [3.05, 3.63) is 23.8 Å². The zero-order valence-electron chi connectivity index (χ0n) is 10.6. The number of carbonyl (C=O) groups excluding carboxylic acids is 1. The number of Topliss-reactive ketones (excluding diaryl/α,β-unsaturated/α-hetero) is 1. The molecule has 0 aliphatic carbocycles. The van der Waals surface area contributed by atoms with Crippen molar-refractivity contribution in [1.82, 2.24) is 5.32 Å². The maximum atomic E-state index is 12.4. The molecule has 98 valence electrons. The fourth-order valence-corrected chi connectivity index (χ4v) is 2.17. The number of rotatable bonds is 2. The highest BCUT2D eigenvalue weighted by atomic mass is 16.5. The summed E-state index contributed by atoms with van der Waals surface area (Å²) in [5.74, 6) is -0.238. The molecule has 1 aromatic carbocycles. The first-order valence-electron chi connectivity index (χ1n) is 5.94. The third-order valence-electron chi connectivity index (χ3n) is 3.13. The van der Waals surface area contributed by atoms with Crippen molar-refractivity contribution in [3.8, 4) is 5.75 Å². The van der Waals surface area contributed by atoms with Gasteiger partial charge in [0.15, 0.2) is 5.78 Å². The van der Waals surface area contributed by atoms with Gasteiger partial charge in [-0.05, 0) is 32.0 Å². The number of nitrogens with one attached hydrogen (secondary N) is 1. The minimum Gasteiger partial charge on any atom is -0.506 e. The Balaban J connectivity index is 2.27. The number of ether oxygens (including phenoxy) is 1. The minimum atomic E-state index is -0.903. The normalized spacial score (nSPS) is 28.0. The zero-order valence-corrected chi connectivity index (χ0v) is 10.6. The van der Waals surface area contributed by atoms with Crippen LogP contribution in [0.1, 0.15) is 24.2 Å². The molecule has 1 aromatic rings. The van der Waals surface area contributed by atoms with Crippen molar-refractivity contribution in [2.24, 2.45) is 0 Å². The van der Waals surface area contributed by atoms with E-state index < -0.39 is 5.60 Å². The van der Waals surface area contributed by atoms with Crippen LogP contribution < -0.4 is 11.1 Å². The number of phenolic OH excluding ortho intramolecular Hbond substituents is 1. The molecule has 2 rings (SSSR count). The number of benzene rings is 1. The summed E-state index contributed by atoms with van der Waals surface area (Å²) in [6, 6.07) is 4.50. The van der Waals surface area contributed by atoms with Crippen LogP contribution in [0.15, 0.2) is 18.2 Å². The average molecular weight is 250 g/mol. The minimum absolute atomic E-state index is 0.0184. The number of morpholine rings is 1. The van der Waals surface area contributed by atoms with E-state index in [-0.39, 0.29) is 23.3 Å². The van der Waals surface area contributed by atoms with Gasteiger partial charge in [0.05, 0.1) is 11.8 Å². The molecule has 18 heavy (non-hydrogen) atoms. The Hall–Kier alpha value is -1.59. The molecule has 5 heteroatoms. The van der Waals surface area contributed by atoms with Crippen LogP contribution in [-0.2, 0) is 4.74 Å². The molecule has 4 N–H and O–H groups in total. The Kier molecular flexibility index (Phi) is 3.28. The van der Waals surface area contributed by atoms with E-state index in [1.165, 1.54) is 12.1 Å². The number of phenols is 1. The third-order valence-corrected chi connectivity index (χ3v) is 3.13. The lowest BCUT2D eigenvalue weighted by Gasteiger charge is -2.36. The van der Waals surface area contributed by atoms with Gasteiger partial charge in [-0.15, -0.1) is 0 Å². The van der Waals surface area contributed by atoms with Crippen LogP contribution in [-0.4, -0.2) is 35.7 Å². The highest BCUT2D eigenvalue weighted by Crippen LogP contribution is 2.26. The lowest BCUT2D eigenvalue weighted by Crippen LogP contribution is -2.55. The number of anilines is 1. The number of aromatic hydroxyl groups is 1. The van der Waals surface area contributed by atoms with E-state index in [2.05, 4.69) is 5.32 Å². The van der Waals surface area contributed by atoms with Gasteiger partial charge in [-0.1, -0.05) is 0 Å². The summed E-state index contributed by atoms with van der Waals surface area (Å²) in [7, 11) is 0. The van der Waals surface area contributed by atoms with Gasteiger partial charge in [0, 0.05) is 18.7 Å². The van der Waals surface area contributed by atoms with E-state index in [4.69, 9.17) is 10.5 Å². The molecule has 2 atom stereocenters. The Morgan fingerprint density at radius 1 is 1.61 bits per heavy atom. The standard InChI is InChI=1S/C13H18N2O3/c1-8-6-15-7-13(2,18-8)12(17)9-3-4-10(14)11(16)5-9/h3-5,8,15-16H,6-7,14H2,1-2H3. The van der Waals surface area contributed by atoms with Gasteiger partial charge >= 0.3 is 0 Å². The SMILES string of the molecule is CC1CNCC(C)(C(=O)c2ccc(N)c(O)c2)O1. The molecule has 5 nitrogen and oxygen atoms in total. The molecule has 0 radical (unpaired) electrons. The Bertz CT molecular complexity index is 475. The molecule has 1 saturated heterocycles. The number of nitrogens with two attached hydrogens (primary N) is 1. The largest absolute Gasteiger partial charge is 0.506 e. The van der Waals surface area contributed by atoms with Crippen molar-refractivity contribution < 1.29 is 14.6 Å². The smallest absolute Gasteiger partial charge is 0.195 e. The van der Waals surface area contributed by atoms with Gasteiger partial charge in [-0.3, -0.25) is 4.79 Å². The zero-order chi connectivity index (χ0) is 13.3. The second-order valence-corrected chi connectivity index (χ2v) is 4.89. The topological polar surface area (TPSA) is 84.6 Å². The summed E-state index contributed by atoms with van der Waals surface area (Å²) in [5, 5.41) is 12.7. The van der Waals surface area contributed by atoms with E-state index in [0.717, 1.165) is 6.54 Å². The summed E-state index contributed by atoms with van der Waals surface area (Å²) < 4.78 is 5.74. The summed E-state index contributed by atoms with van der Waals surface area (Å²) in [6.45, 7) is 4.86. The fraction of sp³-hybridized carbons (Fsp3) is 0.462. The number of ketones is 1. The van der Waals surface area contributed by atoms with Gasteiger partial charge in [0.1, 0.15) is 11.4 Å².